The zero-order valence-electron chi connectivity index (χ0n) is 11.4. The third kappa shape index (κ3) is 4.47. The van der Waals surface area contributed by atoms with Gasteiger partial charge in [-0.2, -0.15) is 0 Å². The number of rotatable bonds is 7. The van der Waals surface area contributed by atoms with Crippen molar-refractivity contribution in [3.63, 3.8) is 0 Å². The van der Waals surface area contributed by atoms with Gasteiger partial charge in [-0.3, -0.25) is 9.59 Å². The molecule has 0 aliphatic heterocycles. The van der Waals surface area contributed by atoms with Crippen molar-refractivity contribution in [2.24, 2.45) is 0 Å². The molecule has 0 saturated carbocycles. The van der Waals surface area contributed by atoms with E-state index in [0.29, 0.717) is 18.4 Å². The highest BCUT2D eigenvalue weighted by molar-refractivity contribution is 5.79. The molecule has 0 spiro atoms. The topological polar surface area (TPSA) is 34.1 Å². The van der Waals surface area contributed by atoms with Crippen LogP contribution >= 0.6 is 0 Å². The van der Waals surface area contributed by atoms with Crippen molar-refractivity contribution < 1.29 is 9.59 Å². The average Bonchev–Trinajstić information content (AvgIpc) is 2.52. The van der Waals surface area contributed by atoms with E-state index in [4.69, 9.17) is 0 Å². The Hall–Kier alpha value is -2.22. The summed E-state index contributed by atoms with van der Waals surface area (Å²) in [6.07, 6.45) is 3.54. The summed E-state index contributed by atoms with van der Waals surface area (Å²) in [5.74, 6) is 0.285. The first kappa shape index (κ1) is 14.2. The molecule has 0 amide bonds. The van der Waals surface area contributed by atoms with Gasteiger partial charge in [-0.05, 0) is 24.0 Å². The van der Waals surface area contributed by atoms with Gasteiger partial charge in [0.25, 0.3) is 0 Å². The molecule has 0 fully saturated rings. The summed E-state index contributed by atoms with van der Waals surface area (Å²) in [7, 11) is 0. The smallest absolute Gasteiger partial charge is 0.150 e. The molecule has 0 aromatic heterocycles. The average molecular weight is 266 g/mol. The molecule has 0 atom stereocenters. The molecule has 2 aromatic rings. The molecule has 20 heavy (non-hydrogen) atoms. The number of aryl methyl sites for hydroxylation is 2. The summed E-state index contributed by atoms with van der Waals surface area (Å²) in [6, 6.07) is 17.5. The Morgan fingerprint density at radius 3 is 1.90 bits per heavy atom. The molecule has 0 saturated heterocycles. The highest BCUT2D eigenvalue weighted by Crippen LogP contribution is 2.08. The Morgan fingerprint density at radius 2 is 1.35 bits per heavy atom. The third-order valence-electron chi connectivity index (χ3n) is 3.34. The quantitative estimate of drug-likeness (QED) is 0.717. The number of Topliss-reactive ketones (excluding diaryl/α,β-unsaturated/α-hetero) is 1. The van der Waals surface area contributed by atoms with Gasteiger partial charge in [0.1, 0.15) is 12.1 Å². The van der Waals surface area contributed by atoms with E-state index in [1.807, 2.05) is 42.5 Å². The summed E-state index contributed by atoms with van der Waals surface area (Å²) in [5.41, 5.74) is 2.98. The molecule has 0 aliphatic carbocycles. The maximum atomic E-state index is 11.9. The minimum absolute atomic E-state index is 0.285. The number of carbonyl (C=O) groups excluding carboxylic acids is 2. The molecule has 2 aromatic carbocycles. The minimum Gasteiger partial charge on any atom is -0.300 e. The lowest BCUT2D eigenvalue weighted by Gasteiger charge is -2.03. The number of aldehydes is 1. The van der Waals surface area contributed by atoms with Crippen LogP contribution in [0.5, 0.6) is 0 Å². The van der Waals surface area contributed by atoms with Crippen LogP contribution in [0.2, 0.25) is 0 Å². The zero-order valence-corrected chi connectivity index (χ0v) is 11.4. The van der Waals surface area contributed by atoms with Gasteiger partial charge in [0.05, 0.1) is 0 Å². The first-order valence-electron chi connectivity index (χ1n) is 6.87. The molecule has 2 nitrogen and oxygen atoms in total. The minimum atomic E-state index is 0.285. The predicted molar refractivity (Wildman–Crippen MR) is 79.9 cm³/mol. The molecule has 0 unspecified atom stereocenters. The molecule has 2 heteroatoms. The van der Waals surface area contributed by atoms with Gasteiger partial charge in [0.2, 0.25) is 0 Å². The van der Waals surface area contributed by atoms with Gasteiger partial charge >= 0.3 is 0 Å². The normalized spacial score (nSPS) is 10.2. The first-order valence-corrected chi connectivity index (χ1v) is 6.87. The number of benzene rings is 2. The van der Waals surface area contributed by atoms with Crippen molar-refractivity contribution in [3.05, 3.63) is 71.3 Å². The lowest BCUT2D eigenvalue weighted by atomic mass is 10.0. The molecule has 0 heterocycles. The van der Waals surface area contributed by atoms with E-state index in [9.17, 15) is 9.59 Å². The summed E-state index contributed by atoms with van der Waals surface area (Å²) in [6.45, 7) is 0. The molecule has 0 aliphatic rings. The largest absolute Gasteiger partial charge is 0.300 e. The van der Waals surface area contributed by atoms with E-state index >= 15 is 0 Å². The van der Waals surface area contributed by atoms with E-state index in [-0.39, 0.29) is 5.78 Å². The fourth-order valence-corrected chi connectivity index (χ4v) is 2.10. The zero-order chi connectivity index (χ0) is 14.2. The Morgan fingerprint density at radius 1 is 0.800 bits per heavy atom. The Balaban J connectivity index is 1.75. The second kappa shape index (κ2) is 7.39. The SMILES string of the molecule is O=Cc1ccc(CCC(=O)CCc2ccccc2)cc1. The van der Waals surface area contributed by atoms with E-state index < -0.39 is 0 Å². The molecular weight excluding hydrogens is 248 g/mol. The van der Waals surface area contributed by atoms with Gasteiger partial charge < -0.3 is 0 Å². The summed E-state index contributed by atoms with van der Waals surface area (Å²) < 4.78 is 0. The molecule has 0 bridgehead atoms. The van der Waals surface area contributed by atoms with Gasteiger partial charge in [-0.1, -0.05) is 54.6 Å². The Bertz CT molecular complexity index is 556. The van der Waals surface area contributed by atoms with Crippen molar-refractivity contribution in [2.45, 2.75) is 25.7 Å². The number of hydrogen-bond acceptors (Lipinski definition) is 2. The second-order valence-corrected chi connectivity index (χ2v) is 4.88. The number of hydrogen-bond donors (Lipinski definition) is 0. The van der Waals surface area contributed by atoms with Crippen molar-refractivity contribution in [2.75, 3.05) is 0 Å². The van der Waals surface area contributed by atoms with Gasteiger partial charge in [-0.15, -0.1) is 0 Å². The fourth-order valence-electron chi connectivity index (χ4n) is 2.10. The van der Waals surface area contributed by atoms with Gasteiger partial charge in [-0.25, -0.2) is 0 Å². The van der Waals surface area contributed by atoms with Crippen molar-refractivity contribution >= 4 is 12.1 Å². The van der Waals surface area contributed by atoms with E-state index in [0.717, 1.165) is 24.7 Å². The van der Waals surface area contributed by atoms with Crippen LogP contribution in [0.1, 0.15) is 34.3 Å². The van der Waals surface area contributed by atoms with Crippen LogP contribution in [0, 0.1) is 0 Å². The first-order chi connectivity index (χ1) is 9.78. The maximum Gasteiger partial charge on any atom is 0.150 e. The van der Waals surface area contributed by atoms with Crippen LogP contribution in [0.4, 0.5) is 0 Å². The summed E-state index contributed by atoms with van der Waals surface area (Å²) in [4.78, 5) is 22.4. The standard InChI is InChI=1S/C18H18O2/c19-14-17-8-6-16(7-9-17)11-13-18(20)12-10-15-4-2-1-3-5-15/h1-9,14H,10-13H2. The lowest BCUT2D eigenvalue weighted by Crippen LogP contribution is -2.02. The Labute approximate surface area is 119 Å². The Kier molecular flexibility index (Phi) is 5.24. The van der Waals surface area contributed by atoms with Crippen LogP contribution in [0.3, 0.4) is 0 Å². The molecule has 102 valence electrons. The maximum absolute atomic E-state index is 11.9. The van der Waals surface area contributed by atoms with E-state index in [1.165, 1.54) is 5.56 Å². The van der Waals surface area contributed by atoms with Gasteiger partial charge in [0, 0.05) is 18.4 Å². The van der Waals surface area contributed by atoms with Crippen molar-refractivity contribution in [1.29, 1.82) is 0 Å². The summed E-state index contributed by atoms with van der Waals surface area (Å²) in [5, 5.41) is 0. The monoisotopic (exact) mass is 266 g/mol. The van der Waals surface area contributed by atoms with Crippen molar-refractivity contribution in [3.8, 4) is 0 Å². The van der Waals surface area contributed by atoms with E-state index in [2.05, 4.69) is 0 Å². The predicted octanol–water partition coefficient (Wildman–Crippen LogP) is 3.63. The molecular formula is C18H18O2. The van der Waals surface area contributed by atoms with Crippen molar-refractivity contribution in [1.82, 2.24) is 0 Å². The van der Waals surface area contributed by atoms with Crippen LogP contribution < -0.4 is 0 Å². The van der Waals surface area contributed by atoms with Crippen LogP contribution in [0.15, 0.2) is 54.6 Å². The molecule has 0 radical (unpaired) electrons. The summed E-state index contributed by atoms with van der Waals surface area (Å²) >= 11 is 0. The number of ketones is 1. The number of carbonyl (C=O) groups is 2. The van der Waals surface area contributed by atoms with Crippen LogP contribution in [-0.4, -0.2) is 12.1 Å². The van der Waals surface area contributed by atoms with Gasteiger partial charge in [0.15, 0.2) is 0 Å². The molecule has 2 rings (SSSR count). The highest BCUT2D eigenvalue weighted by atomic mass is 16.1. The van der Waals surface area contributed by atoms with Crippen LogP contribution in [-0.2, 0) is 17.6 Å². The molecule has 0 N–H and O–H groups in total. The van der Waals surface area contributed by atoms with E-state index in [1.54, 1.807) is 12.1 Å². The second-order valence-electron chi connectivity index (χ2n) is 4.88. The highest BCUT2D eigenvalue weighted by Gasteiger charge is 2.03. The fraction of sp³-hybridized carbons (Fsp3) is 0.222. The lowest BCUT2D eigenvalue weighted by molar-refractivity contribution is -0.119. The van der Waals surface area contributed by atoms with Crippen LogP contribution in [0.25, 0.3) is 0 Å². The third-order valence-corrected chi connectivity index (χ3v) is 3.34.